The molecule has 2 fully saturated rings. The fraction of sp³-hybridized carbons (Fsp3) is 0.632. The van der Waals surface area contributed by atoms with Gasteiger partial charge in [0.1, 0.15) is 5.75 Å². The van der Waals surface area contributed by atoms with Crippen molar-refractivity contribution in [3.63, 3.8) is 0 Å². The Morgan fingerprint density at radius 2 is 1.81 bits per heavy atom. The molecule has 0 unspecified atom stereocenters. The van der Waals surface area contributed by atoms with Gasteiger partial charge in [-0.15, -0.1) is 0 Å². The monoisotopic (exact) mass is 465 g/mol. The summed E-state index contributed by atoms with van der Waals surface area (Å²) >= 11 is 0. The average molecular weight is 465 g/mol. The Morgan fingerprint density at radius 1 is 1.10 bits per heavy atom. The predicted octanol–water partition coefficient (Wildman–Crippen LogP) is 1.43. The van der Waals surface area contributed by atoms with Gasteiger partial charge in [-0.05, 0) is 24.6 Å². The Labute approximate surface area is 179 Å². The van der Waals surface area contributed by atoms with Gasteiger partial charge in [0.05, 0.1) is 37.3 Å². The second kappa shape index (κ2) is 9.72. The zero-order chi connectivity index (χ0) is 22.6. The van der Waals surface area contributed by atoms with Gasteiger partial charge in [-0.25, -0.2) is 8.42 Å². The largest absolute Gasteiger partial charge is 0.496 e. The van der Waals surface area contributed by atoms with Crippen LogP contribution in [0.15, 0.2) is 23.1 Å². The van der Waals surface area contributed by atoms with E-state index in [1.807, 2.05) is 0 Å². The number of hydrogen-bond acceptors (Lipinski definition) is 6. The summed E-state index contributed by atoms with van der Waals surface area (Å²) < 4.78 is 75.8. The summed E-state index contributed by atoms with van der Waals surface area (Å²) in [6.07, 6.45) is -3.92. The number of halogens is 3. The topological polar surface area (TPSA) is 79.4 Å². The van der Waals surface area contributed by atoms with E-state index in [4.69, 9.17) is 9.47 Å². The maximum Gasteiger partial charge on any atom is 0.401 e. The van der Waals surface area contributed by atoms with Gasteiger partial charge >= 0.3 is 6.18 Å². The van der Waals surface area contributed by atoms with Crippen LogP contribution in [-0.4, -0.2) is 101 Å². The third-order valence-corrected chi connectivity index (χ3v) is 7.18. The Kier molecular flexibility index (Phi) is 7.45. The molecule has 2 aliphatic rings. The fourth-order valence-electron chi connectivity index (χ4n) is 3.71. The summed E-state index contributed by atoms with van der Waals surface area (Å²) in [5.74, 6) is -0.257. The molecule has 3 rings (SSSR count). The number of nitrogens with zero attached hydrogens (tertiary/aromatic N) is 3. The third kappa shape index (κ3) is 5.88. The van der Waals surface area contributed by atoms with Crippen molar-refractivity contribution >= 4 is 15.9 Å². The highest BCUT2D eigenvalue weighted by Crippen LogP contribution is 2.27. The van der Waals surface area contributed by atoms with Crippen LogP contribution in [0.4, 0.5) is 13.2 Å². The quantitative estimate of drug-likeness (QED) is 0.655. The lowest BCUT2D eigenvalue weighted by atomic mass is 10.1. The first-order valence-corrected chi connectivity index (χ1v) is 11.4. The van der Waals surface area contributed by atoms with E-state index in [1.165, 1.54) is 39.4 Å². The summed E-state index contributed by atoms with van der Waals surface area (Å²) in [6.45, 7) is 0.705. The van der Waals surface area contributed by atoms with Crippen LogP contribution in [0.1, 0.15) is 16.8 Å². The molecule has 0 radical (unpaired) electrons. The molecule has 2 saturated heterocycles. The highest BCUT2D eigenvalue weighted by molar-refractivity contribution is 7.89. The van der Waals surface area contributed by atoms with Crippen LogP contribution >= 0.6 is 0 Å². The molecular formula is C19H26F3N3O5S. The highest BCUT2D eigenvalue weighted by Gasteiger charge is 2.33. The summed E-state index contributed by atoms with van der Waals surface area (Å²) in [6, 6.07) is 4.09. The molecule has 0 aromatic heterocycles. The van der Waals surface area contributed by atoms with E-state index in [0.717, 1.165) is 0 Å². The van der Waals surface area contributed by atoms with Gasteiger partial charge in [0.2, 0.25) is 10.0 Å². The van der Waals surface area contributed by atoms with Gasteiger partial charge in [-0.3, -0.25) is 9.69 Å². The number of rotatable bonds is 5. The number of methoxy groups -OCH3 is 1. The van der Waals surface area contributed by atoms with Gasteiger partial charge in [-0.2, -0.15) is 17.5 Å². The Bertz CT molecular complexity index is 888. The lowest BCUT2D eigenvalue weighted by Gasteiger charge is -2.27. The zero-order valence-electron chi connectivity index (χ0n) is 17.2. The van der Waals surface area contributed by atoms with Gasteiger partial charge in [-0.1, -0.05) is 0 Å². The molecule has 8 nitrogen and oxygen atoms in total. The first kappa shape index (κ1) is 23.8. The zero-order valence-corrected chi connectivity index (χ0v) is 18.0. The lowest BCUT2D eigenvalue weighted by Crippen LogP contribution is -2.40. The fourth-order valence-corrected chi connectivity index (χ4v) is 5.14. The Balaban J connectivity index is 1.81. The molecule has 2 aliphatic heterocycles. The number of alkyl halides is 3. The minimum Gasteiger partial charge on any atom is -0.496 e. The van der Waals surface area contributed by atoms with Crippen molar-refractivity contribution in [3.8, 4) is 5.75 Å². The molecule has 1 aromatic carbocycles. The van der Waals surface area contributed by atoms with Gasteiger partial charge in [0.25, 0.3) is 5.91 Å². The summed E-state index contributed by atoms with van der Waals surface area (Å²) in [7, 11) is -2.45. The van der Waals surface area contributed by atoms with Crippen LogP contribution in [0.25, 0.3) is 0 Å². The van der Waals surface area contributed by atoms with Crippen molar-refractivity contribution in [3.05, 3.63) is 23.8 Å². The van der Waals surface area contributed by atoms with Crippen molar-refractivity contribution in [2.45, 2.75) is 17.5 Å². The highest BCUT2D eigenvalue weighted by atomic mass is 32.2. The van der Waals surface area contributed by atoms with E-state index in [0.29, 0.717) is 19.6 Å². The van der Waals surface area contributed by atoms with Crippen molar-refractivity contribution in [2.75, 3.05) is 66.1 Å². The van der Waals surface area contributed by atoms with Crippen molar-refractivity contribution < 1.29 is 35.9 Å². The SMILES string of the molecule is COc1ccc(S(=O)(=O)N2CCOCC2)cc1C(=O)N1CCCN(CC(F)(F)F)CC1. The number of hydrogen-bond donors (Lipinski definition) is 0. The van der Waals surface area contributed by atoms with Crippen LogP contribution in [0.2, 0.25) is 0 Å². The number of benzene rings is 1. The molecule has 0 bridgehead atoms. The van der Waals surface area contributed by atoms with Crippen LogP contribution < -0.4 is 4.74 Å². The minimum absolute atomic E-state index is 0.0351. The third-order valence-electron chi connectivity index (χ3n) is 5.29. The minimum atomic E-state index is -4.30. The molecule has 0 saturated carbocycles. The van der Waals surface area contributed by atoms with Gasteiger partial charge in [0, 0.05) is 39.3 Å². The molecule has 31 heavy (non-hydrogen) atoms. The molecule has 1 aromatic rings. The van der Waals surface area contributed by atoms with Crippen LogP contribution in [0, 0.1) is 0 Å². The number of morpholine rings is 1. The number of amides is 1. The summed E-state index contributed by atoms with van der Waals surface area (Å²) in [5, 5.41) is 0. The molecular weight excluding hydrogens is 439 g/mol. The van der Waals surface area contributed by atoms with E-state index in [2.05, 4.69) is 0 Å². The molecule has 0 aliphatic carbocycles. The average Bonchev–Trinajstić information content (AvgIpc) is 2.97. The molecule has 1 amide bonds. The number of carbonyl (C=O) groups is 1. The lowest BCUT2D eigenvalue weighted by molar-refractivity contribution is -0.145. The number of sulfonamides is 1. The van der Waals surface area contributed by atoms with Crippen molar-refractivity contribution in [2.24, 2.45) is 0 Å². The number of ether oxygens (including phenoxy) is 2. The maximum atomic E-state index is 13.2. The second-order valence-corrected chi connectivity index (χ2v) is 9.35. The van der Waals surface area contributed by atoms with E-state index in [-0.39, 0.29) is 55.5 Å². The Morgan fingerprint density at radius 3 is 2.45 bits per heavy atom. The maximum absolute atomic E-state index is 13.2. The summed E-state index contributed by atoms with van der Waals surface area (Å²) in [4.78, 5) is 15.8. The van der Waals surface area contributed by atoms with Gasteiger partial charge in [0.15, 0.2) is 0 Å². The summed E-state index contributed by atoms with van der Waals surface area (Å²) in [5.41, 5.74) is 0.0705. The van der Waals surface area contributed by atoms with Crippen molar-refractivity contribution in [1.29, 1.82) is 0 Å². The van der Waals surface area contributed by atoms with E-state index >= 15 is 0 Å². The predicted molar refractivity (Wildman–Crippen MR) is 106 cm³/mol. The smallest absolute Gasteiger partial charge is 0.401 e. The van der Waals surface area contributed by atoms with Crippen molar-refractivity contribution in [1.82, 2.24) is 14.1 Å². The van der Waals surface area contributed by atoms with E-state index in [9.17, 15) is 26.4 Å². The normalized spacial score (nSPS) is 19.8. The Hall–Kier alpha value is -1.89. The van der Waals surface area contributed by atoms with E-state index < -0.39 is 28.7 Å². The van der Waals surface area contributed by atoms with Crippen LogP contribution in [-0.2, 0) is 14.8 Å². The van der Waals surface area contributed by atoms with Crippen LogP contribution in [0.3, 0.4) is 0 Å². The molecule has 0 atom stereocenters. The number of carbonyl (C=O) groups excluding carboxylic acids is 1. The molecule has 174 valence electrons. The standard InChI is InChI=1S/C19H26F3N3O5S/c1-29-17-4-3-15(31(27,28)25-9-11-30-12-10-25)13-16(17)18(26)24-6-2-5-23(7-8-24)14-19(20,21)22/h3-4,13H,2,5-12,14H2,1H3. The molecule has 0 N–H and O–H groups in total. The van der Waals surface area contributed by atoms with E-state index in [1.54, 1.807) is 0 Å². The van der Waals surface area contributed by atoms with Gasteiger partial charge < -0.3 is 14.4 Å². The molecule has 0 spiro atoms. The first-order valence-electron chi connectivity index (χ1n) is 9.96. The van der Waals surface area contributed by atoms with Crippen LogP contribution in [0.5, 0.6) is 5.75 Å². The molecule has 2 heterocycles. The first-order chi connectivity index (χ1) is 14.6. The molecule has 12 heteroatoms. The second-order valence-electron chi connectivity index (χ2n) is 7.42.